The maximum absolute atomic E-state index is 12.9. The summed E-state index contributed by atoms with van der Waals surface area (Å²) in [4.78, 5) is 25.3. The van der Waals surface area contributed by atoms with Crippen molar-refractivity contribution < 1.29 is 28.5 Å². The number of ether oxygens (including phenoxy) is 4. The van der Waals surface area contributed by atoms with Gasteiger partial charge in [0, 0.05) is 11.1 Å². The van der Waals surface area contributed by atoms with Gasteiger partial charge in [-0.3, -0.25) is 9.59 Å². The molecule has 0 amide bonds. The number of allylic oxidation sites excluding steroid dienone is 1. The third-order valence-corrected chi connectivity index (χ3v) is 5.39. The molecule has 0 radical (unpaired) electrons. The molecule has 3 aromatic carbocycles. The van der Waals surface area contributed by atoms with Crippen LogP contribution in [0.2, 0.25) is 5.02 Å². The lowest BCUT2D eigenvalue weighted by molar-refractivity contribution is -0.133. The predicted octanol–water partition coefficient (Wildman–Crippen LogP) is 5.43. The monoisotopic (exact) mass is 464 g/mol. The molecule has 168 valence electrons. The minimum atomic E-state index is -0.429. The molecule has 0 saturated carbocycles. The maximum atomic E-state index is 12.9. The first-order valence-corrected chi connectivity index (χ1v) is 10.5. The van der Waals surface area contributed by atoms with Crippen molar-refractivity contribution in [3.63, 3.8) is 0 Å². The number of aryl methyl sites for hydroxylation is 1. The lowest BCUT2D eigenvalue weighted by Crippen LogP contribution is -2.11. The number of Topliss-reactive ketones (excluding diaryl/α,β-unsaturated/α-hetero) is 1. The van der Waals surface area contributed by atoms with Crippen LogP contribution in [0, 0.1) is 6.92 Å². The Morgan fingerprint density at radius 3 is 2.42 bits per heavy atom. The van der Waals surface area contributed by atoms with Gasteiger partial charge in [-0.2, -0.15) is 0 Å². The van der Waals surface area contributed by atoms with Gasteiger partial charge in [0.25, 0.3) is 0 Å². The SMILES string of the molecule is COc1ccc(/C=C2\Oc3cc(OC(=O)Cc4ccc(Cl)cc4)cc(C)c3C2=O)cc1OC. The Kier molecular flexibility index (Phi) is 6.38. The highest BCUT2D eigenvalue weighted by atomic mass is 35.5. The number of benzene rings is 3. The molecule has 0 fully saturated rings. The average Bonchev–Trinajstić information content (AvgIpc) is 3.10. The highest BCUT2D eigenvalue weighted by Crippen LogP contribution is 2.38. The van der Waals surface area contributed by atoms with E-state index in [-0.39, 0.29) is 18.0 Å². The zero-order valence-corrected chi connectivity index (χ0v) is 19.1. The molecule has 7 heteroatoms. The number of esters is 1. The van der Waals surface area contributed by atoms with Crippen molar-refractivity contribution in [2.75, 3.05) is 14.2 Å². The molecule has 0 unspecified atom stereocenters. The van der Waals surface area contributed by atoms with Gasteiger partial charge in [-0.1, -0.05) is 29.8 Å². The first kappa shape index (κ1) is 22.4. The van der Waals surface area contributed by atoms with Crippen LogP contribution < -0.4 is 18.9 Å². The second-order valence-electron chi connectivity index (χ2n) is 7.44. The van der Waals surface area contributed by atoms with Gasteiger partial charge < -0.3 is 18.9 Å². The van der Waals surface area contributed by atoms with Crippen LogP contribution in [-0.4, -0.2) is 26.0 Å². The van der Waals surface area contributed by atoms with E-state index >= 15 is 0 Å². The van der Waals surface area contributed by atoms with E-state index in [4.69, 9.17) is 30.5 Å². The minimum absolute atomic E-state index is 0.0948. The van der Waals surface area contributed by atoms with E-state index in [0.717, 1.165) is 11.1 Å². The Morgan fingerprint density at radius 1 is 1.00 bits per heavy atom. The van der Waals surface area contributed by atoms with Crippen molar-refractivity contribution >= 4 is 29.4 Å². The summed E-state index contributed by atoms with van der Waals surface area (Å²) in [6.07, 6.45) is 1.73. The number of fused-ring (bicyclic) bond motifs is 1. The molecule has 0 N–H and O–H groups in total. The van der Waals surface area contributed by atoms with E-state index in [1.807, 2.05) is 0 Å². The highest BCUT2D eigenvalue weighted by molar-refractivity contribution is 6.30. The molecule has 0 atom stereocenters. The van der Waals surface area contributed by atoms with Crippen molar-refractivity contribution in [1.82, 2.24) is 0 Å². The van der Waals surface area contributed by atoms with Gasteiger partial charge in [0.2, 0.25) is 5.78 Å². The quantitative estimate of drug-likeness (QED) is 0.275. The average molecular weight is 465 g/mol. The van der Waals surface area contributed by atoms with Crippen LogP contribution >= 0.6 is 11.6 Å². The summed E-state index contributed by atoms with van der Waals surface area (Å²) in [6, 6.07) is 15.5. The van der Waals surface area contributed by atoms with Crippen molar-refractivity contribution in [2.24, 2.45) is 0 Å². The van der Waals surface area contributed by atoms with Crippen LogP contribution in [0.3, 0.4) is 0 Å². The second-order valence-corrected chi connectivity index (χ2v) is 7.88. The van der Waals surface area contributed by atoms with E-state index in [9.17, 15) is 9.59 Å². The Morgan fingerprint density at radius 2 is 1.73 bits per heavy atom. The first-order valence-electron chi connectivity index (χ1n) is 10.1. The lowest BCUT2D eigenvalue weighted by atomic mass is 10.0. The van der Waals surface area contributed by atoms with Crippen LogP contribution in [-0.2, 0) is 11.2 Å². The van der Waals surface area contributed by atoms with Crippen molar-refractivity contribution in [1.29, 1.82) is 0 Å². The number of halogens is 1. The fraction of sp³-hybridized carbons (Fsp3) is 0.154. The summed E-state index contributed by atoms with van der Waals surface area (Å²) < 4.78 is 21.9. The highest BCUT2D eigenvalue weighted by Gasteiger charge is 2.30. The van der Waals surface area contributed by atoms with Gasteiger partial charge in [0.1, 0.15) is 11.5 Å². The Hall–Kier alpha value is -3.77. The molecular formula is C26H21ClO6. The summed E-state index contributed by atoms with van der Waals surface area (Å²) >= 11 is 5.88. The molecular weight excluding hydrogens is 444 g/mol. The fourth-order valence-electron chi connectivity index (χ4n) is 3.57. The number of carbonyl (C=O) groups is 2. The number of methoxy groups -OCH3 is 2. The first-order chi connectivity index (χ1) is 15.9. The number of hydrogen-bond acceptors (Lipinski definition) is 6. The number of ketones is 1. The molecule has 0 aliphatic carbocycles. The largest absolute Gasteiger partial charge is 0.493 e. The van der Waals surface area contributed by atoms with Gasteiger partial charge in [-0.25, -0.2) is 0 Å². The van der Waals surface area contributed by atoms with Gasteiger partial charge in [0.15, 0.2) is 17.3 Å². The smallest absolute Gasteiger partial charge is 0.315 e. The number of rotatable bonds is 6. The van der Waals surface area contributed by atoms with E-state index < -0.39 is 5.97 Å². The minimum Gasteiger partial charge on any atom is -0.493 e. The van der Waals surface area contributed by atoms with Crippen LogP contribution in [0.1, 0.15) is 27.0 Å². The molecule has 33 heavy (non-hydrogen) atoms. The zero-order valence-electron chi connectivity index (χ0n) is 18.3. The van der Waals surface area contributed by atoms with Crippen LogP contribution in [0.4, 0.5) is 0 Å². The molecule has 3 aromatic rings. The molecule has 1 aliphatic rings. The third kappa shape index (κ3) is 4.86. The molecule has 0 aromatic heterocycles. The van der Waals surface area contributed by atoms with Crippen LogP contribution in [0.15, 0.2) is 60.4 Å². The molecule has 6 nitrogen and oxygen atoms in total. The van der Waals surface area contributed by atoms with Gasteiger partial charge in [-0.05, 0) is 60.0 Å². The summed E-state index contributed by atoms with van der Waals surface area (Å²) in [5, 5.41) is 0.597. The summed E-state index contributed by atoms with van der Waals surface area (Å²) in [7, 11) is 3.10. The molecule has 0 saturated heterocycles. The van der Waals surface area contributed by atoms with Crippen molar-refractivity contribution in [2.45, 2.75) is 13.3 Å². The molecule has 0 bridgehead atoms. The molecule has 0 spiro atoms. The van der Waals surface area contributed by atoms with E-state index in [1.54, 1.807) is 81.8 Å². The lowest BCUT2D eigenvalue weighted by Gasteiger charge is -2.08. The molecule has 4 rings (SSSR count). The summed E-state index contributed by atoms with van der Waals surface area (Å²) in [5.41, 5.74) is 2.60. The van der Waals surface area contributed by atoms with Crippen molar-refractivity contribution in [3.8, 4) is 23.0 Å². The summed E-state index contributed by atoms with van der Waals surface area (Å²) in [6.45, 7) is 1.77. The Balaban J connectivity index is 1.54. The number of hydrogen-bond donors (Lipinski definition) is 0. The van der Waals surface area contributed by atoms with Crippen LogP contribution in [0.5, 0.6) is 23.0 Å². The molecule has 1 heterocycles. The Labute approximate surface area is 196 Å². The standard InChI is InChI=1S/C26H21ClO6/c1-15-10-19(32-24(28)13-16-4-7-18(27)8-5-16)14-22-25(15)26(29)23(33-22)12-17-6-9-20(30-2)21(11-17)31-3/h4-12,14H,13H2,1-3H3/b23-12-. The zero-order chi connectivity index (χ0) is 23.5. The Bertz CT molecular complexity index is 1260. The van der Waals surface area contributed by atoms with E-state index in [1.165, 1.54) is 0 Å². The topological polar surface area (TPSA) is 71.1 Å². The normalized spacial score (nSPS) is 13.5. The molecule has 1 aliphatic heterocycles. The summed E-state index contributed by atoms with van der Waals surface area (Å²) in [5.74, 6) is 1.29. The van der Waals surface area contributed by atoms with Gasteiger partial charge >= 0.3 is 5.97 Å². The third-order valence-electron chi connectivity index (χ3n) is 5.14. The van der Waals surface area contributed by atoms with E-state index in [0.29, 0.717) is 39.1 Å². The van der Waals surface area contributed by atoms with Crippen molar-refractivity contribution in [3.05, 3.63) is 87.6 Å². The van der Waals surface area contributed by atoms with E-state index in [2.05, 4.69) is 0 Å². The predicted molar refractivity (Wildman–Crippen MR) is 124 cm³/mol. The van der Waals surface area contributed by atoms with Gasteiger partial charge in [0.05, 0.1) is 26.2 Å². The second kappa shape index (κ2) is 9.38. The van der Waals surface area contributed by atoms with Crippen LogP contribution in [0.25, 0.3) is 6.08 Å². The fourth-order valence-corrected chi connectivity index (χ4v) is 3.69. The van der Waals surface area contributed by atoms with Gasteiger partial charge in [-0.15, -0.1) is 0 Å². The number of carbonyl (C=O) groups excluding carboxylic acids is 2. The maximum Gasteiger partial charge on any atom is 0.315 e.